The summed E-state index contributed by atoms with van der Waals surface area (Å²) in [5, 5.41) is 8.44. The molecule has 0 aliphatic heterocycles. The molecule has 4 nitrogen and oxygen atoms in total. The molecule has 0 radical (unpaired) electrons. The lowest BCUT2D eigenvalue weighted by Gasteiger charge is -2.40. The van der Waals surface area contributed by atoms with Crippen molar-refractivity contribution in [3.8, 4) is 0 Å². The van der Waals surface area contributed by atoms with Crippen LogP contribution < -0.4 is 5.32 Å². The van der Waals surface area contributed by atoms with Crippen molar-refractivity contribution in [1.29, 1.82) is 0 Å². The first kappa shape index (κ1) is 12.9. The number of halogens is 1. The van der Waals surface area contributed by atoms with Crippen LogP contribution in [-0.4, -0.2) is 29.0 Å². The smallest absolute Gasteiger partial charge is 0.131 e. The zero-order valence-corrected chi connectivity index (χ0v) is 11.5. The minimum Gasteiger partial charge on any atom is -0.377 e. The maximum atomic E-state index is 6.18. The summed E-state index contributed by atoms with van der Waals surface area (Å²) in [6.45, 7) is 3.62. The van der Waals surface area contributed by atoms with Crippen LogP contribution in [0.5, 0.6) is 0 Å². The van der Waals surface area contributed by atoms with Crippen LogP contribution in [0.4, 0.5) is 0 Å². The first-order valence-electron chi connectivity index (χ1n) is 6.02. The molecule has 0 aromatic carbocycles. The Labute approximate surface area is 107 Å². The fourth-order valence-corrected chi connectivity index (χ4v) is 2.56. The molecule has 0 spiro atoms. The van der Waals surface area contributed by atoms with Crippen LogP contribution in [0.2, 0.25) is 5.15 Å². The number of ether oxygens (including phenoxy) is 1. The summed E-state index contributed by atoms with van der Waals surface area (Å²) in [6.07, 6.45) is 3.56. The average Bonchev–Trinajstić information content (AvgIpc) is 2.48. The van der Waals surface area contributed by atoms with Gasteiger partial charge in [-0.2, -0.15) is 5.10 Å². The lowest BCUT2D eigenvalue weighted by atomic mass is 9.80. The van der Waals surface area contributed by atoms with Crippen LogP contribution in [0.1, 0.15) is 30.5 Å². The monoisotopic (exact) mass is 257 g/mol. The van der Waals surface area contributed by atoms with E-state index in [2.05, 4.69) is 10.4 Å². The molecule has 0 bridgehead atoms. The molecule has 1 aliphatic rings. The van der Waals surface area contributed by atoms with Gasteiger partial charge in [0.2, 0.25) is 0 Å². The second-order valence-electron chi connectivity index (χ2n) is 4.82. The number of methoxy groups -OCH3 is 1. The van der Waals surface area contributed by atoms with Crippen molar-refractivity contribution in [2.75, 3.05) is 13.7 Å². The average molecular weight is 258 g/mol. The highest BCUT2D eigenvalue weighted by Gasteiger charge is 2.36. The number of rotatable bonds is 5. The number of hydrogen-bond donors (Lipinski definition) is 1. The van der Waals surface area contributed by atoms with Gasteiger partial charge in [0.15, 0.2) is 0 Å². The third-order valence-corrected chi connectivity index (χ3v) is 4.19. The molecule has 96 valence electrons. The van der Waals surface area contributed by atoms with Gasteiger partial charge in [0.05, 0.1) is 11.3 Å². The highest BCUT2D eigenvalue weighted by molar-refractivity contribution is 6.30. The highest BCUT2D eigenvalue weighted by atomic mass is 35.5. The molecule has 0 amide bonds. The number of nitrogens with one attached hydrogen (secondary N) is 1. The van der Waals surface area contributed by atoms with E-state index in [1.807, 2.05) is 14.0 Å². The second-order valence-corrected chi connectivity index (χ2v) is 5.18. The number of aryl methyl sites for hydroxylation is 2. The Kier molecular flexibility index (Phi) is 3.76. The maximum Gasteiger partial charge on any atom is 0.131 e. The summed E-state index contributed by atoms with van der Waals surface area (Å²) >= 11 is 6.18. The van der Waals surface area contributed by atoms with Crippen molar-refractivity contribution >= 4 is 11.6 Å². The predicted octanol–water partition coefficient (Wildman–Crippen LogP) is 2.04. The topological polar surface area (TPSA) is 39.1 Å². The summed E-state index contributed by atoms with van der Waals surface area (Å²) in [6, 6.07) is 0. The zero-order chi connectivity index (χ0) is 12.5. The third-order valence-electron chi connectivity index (χ3n) is 3.72. The van der Waals surface area contributed by atoms with Crippen molar-refractivity contribution in [3.63, 3.8) is 0 Å². The molecule has 5 heteroatoms. The first-order chi connectivity index (χ1) is 8.08. The molecule has 1 N–H and O–H groups in total. The second kappa shape index (κ2) is 4.96. The van der Waals surface area contributed by atoms with Gasteiger partial charge < -0.3 is 10.1 Å². The van der Waals surface area contributed by atoms with Crippen molar-refractivity contribution in [2.45, 2.75) is 38.3 Å². The van der Waals surface area contributed by atoms with Crippen LogP contribution in [0, 0.1) is 6.92 Å². The van der Waals surface area contributed by atoms with Gasteiger partial charge in [-0.3, -0.25) is 4.68 Å². The molecule has 1 aliphatic carbocycles. The van der Waals surface area contributed by atoms with E-state index in [1.54, 1.807) is 11.8 Å². The third kappa shape index (κ3) is 2.49. The number of hydrogen-bond acceptors (Lipinski definition) is 3. The van der Waals surface area contributed by atoms with Crippen LogP contribution >= 0.6 is 11.6 Å². The van der Waals surface area contributed by atoms with Gasteiger partial charge in [-0.25, -0.2) is 0 Å². The van der Waals surface area contributed by atoms with E-state index in [9.17, 15) is 0 Å². The summed E-state index contributed by atoms with van der Waals surface area (Å²) < 4.78 is 7.27. The fraction of sp³-hybridized carbons (Fsp3) is 0.750. The molecule has 0 saturated heterocycles. The van der Waals surface area contributed by atoms with Crippen molar-refractivity contribution in [3.05, 3.63) is 16.4 Å². The summed E-state index contributed by atoms with van der Waals surface area (Å²) in [5.74, 6) is 0. The van der Waals surface area contributed by atoms with E-state index < -0.39 is 0 Å². The van der Waals surface area contributed by atoms with Gasteiger partial charge in [-0.15, -0.1) is 0 Å². The lowest BCUT2D eigenvalue weighted by molar-refractivity contribution is -0.0695. The molecular formula is C12H20ClN3O. The molecule has 1 saturated carbocycles. The molecule has 1 aromatic rings. The van der Waals surface area contributed by atoms with Gasteiger partial charge >= 0.3 is 0 Å². The van der Waals surface area contributed by atoms with Crippen LogP contribution in [0.3, 0.4) is 0 Å². The van der Waals surface area contributed by atoms with Crippen molar-refractivity contribution in [2.24, 2.45) is 7.05 Å². The normalized spacial score (nSPS) is 18.1. The largest absolute Gasteiger partial charge is 0.377 e. The van der Waals surface area contributed by atoms with E-state index in [0.717, 1.165) is 42.3 Å². The Hall–Kier alpha value is -0.580. The van der Waals surface area contributed by atoms with Crippen LogP contribution in [0.25, 0.3) is 0 Å². The number of aromatic nitrogens is 2. The van der Waals surface area contributed by atoms with Crippen LogP contribution in [0.15, 0.2) is 0 Å². The molecular weight excluding hydrogens is 238 g/mol. The van der Waals surface area contributed by atoms with Gasteiger partial charge in [0.25, 0.3) is 0 Å². The molecule has 2 rings (SSSR count). The summed E-state index contributed by atoms with van der Waals surface area (Å²) in [5.41, 5.74) is 2.13. The van der Waals surface area contributed by atoms with E-state index in [4.69, 9.17) is 16.3 Å². The first-order valence-corrected chi connectivity index (χ1v) is 6.40. The Morgan fingerprint density at radius 3 is 2.65 bits per heavy atom. The van der Waals surface area contributed by atoms with Gasteiger partial charge in [0, 0.05) is 32.8 Å². The van der Waals surface area contributed by atoms with Crippen molar-refractivity contribution in [1.82, 2.24) is 15.1 Å². The minimum absolute atomic E-state index is 0.0581. The van der Waals surface area contributed by atoms with E-state index >= 15 is 0 Å². The van der Waals surface area contributed by atoms with E-state index in [0.29, 0.717) is 0 Å². The standard InChI is InChI=1S/C12H20ClN3O/c1-9-10(11(13)16(2)15-9)7-14-8-12(17-3)5-4-6-12/h14H,4-8H2,1-3H3. The molecule has 17 heavy (non-hydrogen) atoms. The Morgan fingerprint density at radius 2 is 2.24 bits per heavy atom. The molecule has 0 unspecified atom stereocenters. The predicted molar refractivity (Wildman–Crippen MR) is 68.3 cm³/mol. The van der Waals surface area contributed by atoms with Crippen LogP contribution in [-0.2, 0) is 18.3 Å². The zero-order valence-electron chi connectivity index (χ0n) is 10.7. The summed E-state index contributed by atoms with van der Waals surface area (Å²) in [4.78, 5) is 0. The maximum absolute atomic E-state index is 6.18. The molecule has 1 heterocycles. The lowest BCUT2D eigenvalue weighted by Crippen LogP contribution is -2.47. The fourth-order valence-electron chi connectivity index (χ4n) is 2.31. The van der Waals surface area contributed by atoms with Gasteiger partial charge in [-0.1, -0.05) is 11.6 Å². The molecule has 1 aromatic heterocycles. The molecule has 1 fully saturated rings. The Balaban J connectivity index is 1.90. The van der Waals surface area contributed by atoms with Crippen molar-refractivity contribution < 1.29 is 4.74 Å². The highest BCUT2D eigenvalue weighted by Crippen LogP contribution is 2.34. The SMILES string of the molecule is COC1(CNCc2c(C)nn(C)c2Cl)CCC1. The summed E-state index contributed by atoms with van der Waals surface area (Å²) in [7, 11) is 3.66. The quantitative estimate of drug-likeness (QED) is 0.878. The minimum atomic E-state index is 0.0581. The number of nitrogens with zero attached hydrogens (tertiary/aromatic N) is 2. The molecule has 0 atom stereocenters. The van der Waals surface area contributed by atoms with E-state index in [-0.39, 0.29) is 5.60 Å². The van der Waals surface area contributed by atoms with E-state index in [1.165, 1.54) is 6.42 Å². The van der Waals surface area contributed by atoms with Gasteiger partial charge in [-0.05, 0) is 26.2 Å². The Morgan fingerprint density at radius 1 is 1.53 bits per heavy atom. The Bertz CT molecular complexity index is 393. The van der Waals surface area contributed by atoms with Gasteiger partial charge in [0.1, 0.15) is 5.15 Å².